The molecule has 2 heterocycles. The van der Waals surface area contributed by atoms with Gasteiger partial charge in [0, 0.05) is 23.1 Å². The normalized spacial score (nSPS) is 23.2. The van der Waals surface area contributed by atoms with Crippen LogP contribution in [0.1, 0.15) is 54.6 Å². The van der Waals surface area contributed by atoms with Crippen molar-refractivity contribution in [3.8, 4) is 0 Å². The van der Waals surface area contributed by atoms with Gasteiger partial charge >= 0.3 is 0 Å². The van der Waals surface area contributed by atoms with Gasteiger partial charge in [-0.15, -0.1) is 5.10 Å². The van der Waals surface area contributed by atoms with Crippen molar-refractivity contribution in [2.24, 2.45) is 17.8 Å². The van der Waals surface area contributed by atoms with E-state index >= 15 is 0 Å². The van der Waals surface area contributed by atoms with Crippen LogP contribution in [0.4, 0.5) is 5.69 Å². The largest absolute Gasteiger partial charge is 0.319 e. The van der Waals surface area contributed by atoms with Gasteiger partial charge in [-0.3, -0.25) is 4.79 Å². The lowest BCUT2D eigenvalue weighted by Crippen LogP contribution is -2.40. The maximum absolute atomic E-state index is 12.9. The molecule has 0 saturated heterocycles. The summed E-state index contributed by atoms with van der Waals surface area (Å²) >= 11 is 0. The molecule has 2 aliphatic rings. The van der Waals surface area contributed by atoms with Crippen molar-refractivity contribution >= 4 is 27.4 Å². The van der Waals surface area contributed by atoms with Crippen molar-refractivity contribution in [1.82, 2.24) is 24.3 Å². The molecule has 5 rings (SSSR count). The predicted molar refractivity (Wildman–Crippen MR) is 123 cm³/mol. The standard InChI is InChI=1S/C23H28N6O3S/c1-13-10-14(2)29-23(24-13)26-21(27-29)22(30)25-18-6-8-19(9-7-18)33(31,32)28-15(3)20-12-16-4-5-17(20)11-16/h6-10,15-17,20,28H,4-5,11-12H2,1-3H3,(H,25,30)/t15-,16+,17+,20-/m0/s1. The van der Waals surface area contributed by atoms with E-state index in [1.54, 1.807) is 12.1 Å². The van der Waals surface area contributed by atoms with Gasteiger partial charge in [0.05, 0.1) is 4.90 Å². The zero-order chi connectivity index (χ0) is 23.3. The summed E-state index contributed by atoms with van der Waals surface area (Å²) in [5.74, 6) is 1.68. The van der Waals surface area contributed by atoms with Crippen molar-refractivity contribution < 1.29 is 13.2 Å². The molecule has 2 N–H and O–H groups in total. The molecule has 2 saturated carbocycles. The third-order valence-electron chi connectivity index (χ3n) is 7.02. The molecule has 10 heteroatoms. The lowest BCUT2D eigenvalue weighted by molar-refractivity contribution is 0.101. The smallest absolute Gasteiger partial charge is 0.295 e. The fourth-order valence-electron chi connectivity index (χ4n) is 5.47. The number of nitrogens with one attached hydrogen (secondary N) is 2. The molecule has 1 amide bonds. The lowest BCUT2D eigenvalue weighted by atomic mass is 9.84. The van der Waals surface area contributed by atoms with Crippen LogP contribution in [0.25, 0.3) is 5.78 Å². The molecule has 33 heavy (non-hydrogen) atoms. The first-order valence-electron chi connectivity index (χ1n) is 11.3. The average molecular weight is 469 g/mol. The van der Waals surface area contributed by atoms with E-state index in [-0.39, 0.29) is 16.8 Å². The topological polar surface area (TPSA) is 118 Å². The van der Waals surface area contributed by atoms with Crippen LogP contribution in [0, 0.1) is 31.6 Å². The molecule has 2 aliphatic carbocycles. The van der Waals surface area contributed by atoms with Crippen molar-refractivity contribution in [2.75, 3.05) is 5.32 Å². The fourth-order valence-corrected chi connectivity index (χ4v) is 6.77. The first-order chi connectivity index (χ1) is 15.7. The maximum atomic E-state index is 12.9. The second-order valence-electron chi connectivity index (χ2n) is 9.41. The Bertz CT molecular complexity index is 1320. The van der Waals surface area contributed by atoms with Crippen LogP contribution < -0.4 is 10.0 Å². The van der Waals surface area contributed by atoms with Gasteiger partial charge in [-0.1, -0.05) is 6.42 Å². The number of aromatic nitrogens is 4. The van der Waals surface area contributed by atoms with Crippen LogP contribution in [0.2, 0.25) is 0 Å². The highest BCUT2D eigenvalue weighted by Crippen LogP contribution is 2.49. The number of carbonyl (C=O) groups is 1. The number of fused-ring (bicyclic) bond motifs is 3. The predicted octanol–water partition coefficient (Wildman–Crippen LogP) is 3.10. The Hall–Kier alpha value is -2.85. The summed E-state index contributed by atoms with van der Waals surface area (Å²) in [5, 5.41) is 6.93. The first-order valence-corrected chi connectivity index (χ1v) is 12.8. The van der Waals surface area contributed by atoms with E-state index in [1.165, 1.54) is 35.9 Å². The Kier molecular flexibility index (Phi) is 5.44. The van der Waals surface area contributed by atoms with Gasteiger partial charge in [0.25, 0.3) is 11.7 Å². The number of rotatable bonds is 6. The van der Waals surface area contributed by atoms with E-state index in [1.807, 2.05) is 26.8 Å². The Labute approximate surface area is 193 Å². The van der Waals surface area contributed by atoms with E-state index < -0.39 is 15.9 Å². The van der Waals surface area contributed by atoms with Crippen LogP contribution in [0.15, 0.2) is 35.2 Å². The fraction of sp³-hybridized carbons (Fsp3) is 0.478. The summed E-state index contributed by atoms with van der Waals surface area (Å²) in [4.78, 5) is 21.3. The number of anilines is 1. The van der Waals surface area contributed by atoms with Crippen molar-refractivity contribution in [1.29, 1.82) is 0 Å². The minimum absolute atomic E-state index is 0.00532. The summed E-state index contributed by atoms with van der Waals surface area (Å²) < 4.78 is 30.2. The summed E-state index contributed by atoms with van der Waals surface area (Å²) in [6.07, 6.45) is 4.85. The monoisotopic (exact) mass is 468 g/mol. The molecule has 0 radical (unpaired) electrons. The van der Waals surface area contributed by atoms with Crippen LogP contribution in [0.5, 0.6) is 0 Å². The van der Waals surface area contributed by atoms with Gasteiger partial charge in [0.2, 0.25) is 15.8 Å². The van der Waals surface area contributed by atoms with Gasteiger partial charge in [0.15, 0.2) is 0 Å². The molecular weight excluding hydrogens is 440 g/mol. The van der Waals surface area contributed by atoms with Gasteiger partial charge < -0.3 is 5.32 Å². The second kappa shape index (κ2) is 8.18. The quantitative estimate of drug-likeness (QED) is 0.574. The summed E-state index contributed by atoms with van der Waals surface area (Å²) in [5.41, 5.74) is 2.07. The van der Waals surface area contributed by atoms with Crippen LogP contribution in [0.3, 0.4) is 0 Å². The number of carbonyl (C=O) groups excluding carboxylic acids is 1. The Morgan fingerprint density at radius 1 is 1.12 bits per heavy atom. The van der Waals surface area contributed by atoms with E-state index in [2.05, 4.69) is 25.1 Å². The van der Waals surface area contributed by atoms with Crippen molar-refractivity contribution in [3.63, 3.8) is 0 Å². The minimum Gasteiger partial charge on any atom is -0.319 e. The molecule has 0 unspecified atom stereocenters. The SMILES string of the molecule is Cc1cc(C)n2nc(C(=O)Nc3ccc(S(=O)(=O)N[C@@H](C)[C@@H]4C[C@@H]5CC[C@@H]4C5)cc3)nc2n1. The maximum Gasteiger partial charge on any atom is 0.295 e. The summed E-state index contributed by atoms with van der Waals surface area (Å²) in [6, 6.07) is 7.90. The van der Waals surface area contributed by atoms with E-state index in [0.29, 0.717) is 23.3 Å². The Balaban J connectivity index is 1.26. The van der Waals surface area contributed by atoms with Crippen molar-refractivity contribution in [3.05, 3.63) is 47.5 Å². The average Bonchev–Trinajstić information content (AvgIpc) is 3.49. The van der Waals surface area contributed by atoms with Gasteiger partial charge in [-0.25, -0.2) is 22.6 Å². The number of hydrogen-bond donors (Lipinski definition) is 2. The molecule has 4 atom stereocenters. The van der Waals surface area contributed by atoms with Crippen LogP contribution in [-0.4, -0.2) is 39.9 Å². The van der Waals surface area contributed by atoms with Gasteiger partial charge in [-0.2, -0.15) is 4.98 Å². The number of aryl methyl sites for hydroxylation is 2. The molecular formula is C23H28N6O3S. The van der Waals surface area contributed by atoms with Crippen LogP contribution in [-0.2, 0) is 10.0 Å². The highest BCUT2D eigenvalue weighted by atomic mass is 32.2. The zero-order valence-electron chi connectivity index (χ0n) is 18.9. The van der Waals surface area contributed by atoms with Crippen molar-refractivity contribution in [2.45, 2.75) is 57.4 Å². The summed E-state index contributed by atoms with van der Waals surface area (Å²) in [6.45, 7) is 5.69. The number of amides is 1. The van der Waals surface area contributed by atoms with E-state index in [0.717, 1.165) is 23.7 Å². The third-order valence-corrected chi connectivity index (χ3v) is 8.59. The first kappa shape index (κ1) is 22.0. The van der Waals surface area contributed by atoms with Gasteiger partial charge in [0.1, 0.15) is 0 Å². The minimum atomic E-state index is -3.64. The van der Waals surface area contributed by atoms with Crippen LogP contribution >= 0.6 is 0 Å². The Morgan fingerprint density at radius 2 is 1.88 bits per heavy atom. The molecule has 2 bridgehead atoms. The highest BCUT2D eigenvalue weighted by Gasteiger charge is 2.42. The molecule has 0 spiro atoms. The molecule has 3 aromatic rings. The molecule has 2 aromatic heterocycles. The summed E-state index contributed by atoms with van der Waals surface area (Å²) in [7, 11) is -3.64. The van der Waals surface area contributed by atoms with E-state index in [4.69, 9.17) is 0 Å². The lowest BCUT2D eigenvalue weighted by Gasteiger charge is -2.28. The molecule has 2 fully saturated rings. The Morgan fingerprint density at radius 3 is 2.55 bits per heavy atom. The number of hydrogen-bond acceptors (Lipinski definition) is 6. The molecule has 9 nitrogen and oxygen atoms in total. The molecule has 1 aromatic carbocycles. The molecule has 0 aliphatic heterocycles. The highest BCUT2D eigenvalue weighted by molar-refractivity contribution is 7.89. The van der Waals surface area contributed by atoms with E-state index in [9.17, 15) is 13.2 Å². The van der Waals surface area contributed by atoms with Gasteiger partial charge in [-0.05, 0) is 88.1 Å². The zero-order valence-corrected chi connectivity index (χ0v) is 19.8. The second-order valence-corrected chi connectivity index (χ2v) is 11.1. The molecule has 174 valence electrons. The number of nitrogens with zero attached hydrogens (tertiary/aromatic N) is 4. The third kappa shape index (κ3) is 4.24. The number of benzene rings is 1. The number of sulfonamides is 1.